The van der Waals surface area contributed by atoms with Crippen LogP contribution in [0.2, 0.25) is 0 Å². The van der Waals surface area contributed by atoms with E-state index in [2.05, 4.69) is 10.3 Å². The molecule has 128 valence electrons. The van der Waals surface area contributed by atoms with Gasteiger partial charge in [-0.2, -0.15) is 0 Å². The van der Waals surface area contributed by atoms with Crippen LogP contribution in [0.25, 0.3) is 0 Å². The Kier molecular flexibility index (Phi) is 4.93. The highest BCUT2D eigenvalue weighted by atomic mass is 32.1. The van der Waals surface area contributed by atoms with Crippen molar-refractivity contribution < 1.29 is 13.9 Å². The number of nitrogens with one attached hydrogen (secondary N) is 1. The predicted octanol–water partition coefficient (Wildman–Crippen LogP) is 2.63. The molecule has 5 nitrogen and oxygen atoms in total. The quantitative estimate of drug-likeness (QED) is 0.889. The van der Waals surface area contributed by atoms with Gasteiger partial charge in [-0.1, -0.05) is 12.1 Å². The average Bonchev–Trinajstić information content (AvgIpc) is 2.90. The summed E-state index contributed by atoms with van der Waals surface area (Å²) >= 11 is 1.43. The SMILES string of the molecule is Cc1nc(NC(=O)C2(N)CCOCC2)sc1Cc1ccc(F)cc1. The molecule has 0 bridgehead atoms. The Hall–Kier alpha value is -1.83. The standard InChI is InChI=1S/C17H20FN3O2S/c1-11-14(10-12-2-4-13(18)5-3-12)24-16(20-11)21-15(22)17(19)6-8-23-9-7-17/h2-5H,6-10,19H2,1H3,(H,20,21,22). The number of benzene rings is 1. The second kappa shape index (κ2) is 6.96. The van der Waals surface area contributed by atoms with Crippen molar-refractivity contribution in [3.63, 3.8) is 0 Å². The Morgan fingerprint density at radius 2 is 2.04 bits per heavy atom. The topological polar surface area (TPSA) is 77.2 Å². The van der Waals surface area contributed by atoms with Crippen LogP contribution in [-0.2, 0) is 16.0 Å². The average molecular weight is 349 g/mol. The lowest BCUT2D eigenvalue weighted by atomic mass is 9.90. The van der Waals surface area contributed by atoms with Crippen LogP contribution < -0.4 is 11.1 Å². The number of hydrogen-bond acceptors (Lipinski definition) is 5. The minimum atomic E-state index is -0.894. The molecular formula is C17H20FN3O2S. The van der Waals surface area contributed by atoms with Gasteiger partial charge in [-0.3, -0.25) is 4.79 Å². The third kappa shape index (κ3) is 3.80. The third-order valence-corrected chi connectivity index (χ3v) is 5.30. The van der Waals surface area contributed by atoms with Gasteiger partial charge in [-0.05, 0) is 37.5 Å². The minimum absolute atomic E-state index is 0.215. The zero-order chi connectivity index (χ0) is 17.2. The highest BCUT2D eigenvalue weighted by molar-refractivity contribution is 7.15. The lowest BCUT2D eigenvalue weighted by molar-refractivity contribution is -0.124. The number of thiazole rings is 1. The molecule has 24 heavy (non-hydrogen) atoms. The van der Waals surface area contributed by atoms with Crippen molar-refractivity contribution in [3.8, 4) is 0 Å². The monoisotopic (exact) mass is 349 g/mol. The molecule has 3 N–H and O–H groups in total. The van der Waals surface area contributed by atoms with Gasteiger partial charge in [0.2, 0.25) is 5.91 Å². The van der Waals surface area contributed by atoms with E-state index in [1.807, 2.05) is 6.92 Å². The first-order chi connectivity index (χ1) is 11.5. The van der Waals surface area contributed by atoms with E-state index < -0.39 is 5.54 Å². The lowest BCUT2D eigenvalue weighted by Gasteiger charge is -2.31. The molecular weight excluding hydrogens is 329 g/mol. The second-order valence-electron chi connectivity index (χ2n) is 6.05. The first-order valence-corrected chi connectivity index (χ1v) is 8.67. The summed E-state index contributed by atoms with van der Waals surface area (Å²) in [5, 5.41) is 3.38. The Morgan fingerprint density at radius 3 is 2.71 bits per heavy atom. The Bertz CT molecular complexity index is 724. The van der Waals surface area contributed by atoms with Crippen LogP contribution in [0.1, 0.15) is 29.0 Å². The van der Waals surface area contributed by atoms with E-state index >= 15 is 0 Å². The zero-order valence-corrected chi connectivity index (χ0v) is 14.3. The van der Waals surface area contributed by atoms with Crippen LogP contribution in [0.15, 0.2) is 24.3 Å². The Morgan fingerprint density at radius 1 is 1.38 bits per heavy atom. The number of ether oxygens (including phenoxy) is 1. The van der Waals surface area contributed by atoms with Gasteiger partial charge in [-0.25, -0.2) is 9.37 Å². The smallest absolute Gasteiger partial charge is 0.246 e. The van der Waals surface area contributed by atoms with E-state index in [1.54, 1.807) is 12.1 Å². The summed E-state index contributed by atoms with van der Waals surface area (Å²) in [7, 11) is 0. The Balaban J connectivity index is 1.69. The fraction of sp³-hybridized carbons (Fsp3) is 0.412. The van der Waals surface area contributed by atoms with Gasteiger partial charge in [0.25, 0.3) is 0 Å². The number of anilines is 1. The van der Waals surface area contributed by atoms with Gasteiger partial charge in [0.05, 0.1) is 5.69 Å². The van der Waals surface area contributed by atoms with E-state index in [1.165, 1.54) is 23.5 Å². The summed E-state index contributed by atoms with van der Waals surface area (Å²) < 4.78 is 18.3. The highest BCUT2D eigenvalue weighted by Crippen LogP contribution is 2.27. The van der Waals surface area contributed by atoms with Crippen molar-refractivity contribution in [3.05, 3.63) is 46.2 Å². The van der Waals surface area contributed by atoms with Crippen molar-refractivity contribution in [2.45, 2.75) is 31.7 Å². The number of amides is 1. The normalized spacial score (nSPS) is 16.8. The number of halogens is 1. The third-order valence-electron chi connectivity index (χ3n) is 4.23. The first kappa shape index (κ1) is 17.0. The molecule has 0 radical (unpaired) electrons. The second-order valence-corrected chi connectivity index (χ2v) is 7.14. The molecule has 2 heterocycles. The Labute approximate surface area is 144 Å². The number of rotatable bonds is 4. The van der Waals surface area contributed by atoms with Gasteiger partial charge in [-0.15, -0.1) is 11.3 Å². The molecule has 1 aliphatic rings. The van der Waals surface area contributed by atoms with Gasteiger partial charge in [0, 0.05) is 24.5 Å². The van der Waals surface area contributed by atoms with Crippen molar-refractivity contribution >= 4 is 22.4 Å². The number of nitrogens with zero attached hydrogens (tertiary/aromatic N) is 1. The molecule has 1 amide bonds. The summed E-state index contributed by atoms with van der Waals surface area (Å²) in [4.78, 5) is 17.9. The van der Waals surface area contributed by atoms with Gasteiger partial charge < -0.3 is 15.8 Å². The summed E-state index contributed by atoms with van der Waals surface area (Å²) in [6.45, 7) is 2.89. The van der Waals surface area contributed by atoms with Crippen LogP contribution in [-0.4, -0.2) is 29.6 Å². The summed E-state index contributed by atoms with van der Waals surface area (Å²) in [5.41, 5.74) is 7.15. The van der Waals surface area contributed by atoms with E-state index in [0.29, 0.717) is 37.6 Å². The van der Waals surface area contributed by atoms with Crippen LogP contribution in [0, 0.1) is 12.7 Å². The number of carbonyl (C=O) groups is 1. The van der Waals surface area contributed by atoms with E-state index in [-0.39, 0.29) is 11.7 Å². The molecule has 0 saturated carbocycles. The van der Waals surface area contributed by atoms with Crippen LogP contribution in [0.3, 0.4) is 0 Å². The summed E-state index contributed by atoms with van der Waals surface area (Å²) in [6, 6.07) is 6.39. The molecule has 0 aliphatic carbocycles. The van der Waals surface area contributed by atoms with Gasteiger partial charge >= 0.3 is 0 Å². The summed E-state index contributed by atoms with van der Waals surface area (Å²) in [5.74, 6) is -0.467. The van der Waals surface area contributed by atoms with Gasteiger partial charge in [0.1, 0.15) is 11.4 Å². The maximum atomic E-state index is 13.0. The molecule has 0 unspecified atom stereocenters. The fourth-order valence-electron chi connectivity index (χ4n) is 2.62. The fourth-order valence-corrected chi connectivity index (χ4v) is 3.61. The van der Waals surface area contributed by atoms with E-state index in [0.717, 1.165) is 16.1 Å². The van der Waals surface area contributed by atoms with Crippen LogP contribution >= 0.6 is 11.3 Å². The molecule has 3 rings (SSSR count). The lowest BCUT2D eigenvalue weighted by Crippen LogP contribution is -2.54. The molecule has 2 aromatic rings. The molecule has 0 spiro atoms. The summed E-state index contributed by atoms with van der Waals surface area (Å²) in [6.07, 6.45) is 1.67. The molecule has 1 aromatic heterocycles. The van der Waals surface area contributed by atoms with Gasteiger partial charge in [0.15, 0.2) is 5.13 Å². The number of aryl methyl sites for hydroxylation is 1. The largest absolute Gasteiger partial charge is 0.381 e. The first-order valence-electron chi connectivity index (χ1n) is 7.85. The number of aromatic nitrogens is 1. The molecule has 7 heteroatoms. The minimum Gasteiger partial charge on any atom is -0.381 e. The van der Waals surface area contributed by atoms with Crippen molar-refractivity contribution in [2.75, 3.05) is 18.5 Å². The molecule has 1 saturated heterocycles. The molecule has 1 fully saturated rings. The van der Waals surface area contributed by atoms with E-state index in [4.69, 9.17) is 10.5 Å². The number of hydrogen-bond donors (Lipinski definition) is 2. The molecule has 0 atom stereocenters. The van der Waals surface area contributed by atoms with Crippen molar-refractivity contribution in [2.24, 2.45) is 5.73 Å². The maximum absolute atomic E-state index is 13.0. The molecule has 1 aromatic carbocycles. The number of nitrogens with two attached hydrogens (primary N) is 1. The van der Waals surface area contributed by atoms with E-state index in [9.17, 15) is 9.18 Å². The molecule has 1 aliphatic heterocycles. The zero-order valence-electron chi connectivity index (χ0n) is 13.5. The number of carbonyl (C=O) groups excluding carboxylic acids is 1. The van der Waals surface area contributed by atoms with Crippen molar-refractivity contribution in [1.29, 1.82) is 0 Å². The highest BCUT2D eigenvalue weighted by Gasteiger charge is 2.36. The van der Waals surface area contributed by atoms with Crippen LogP contribution in [0.4, 0.5) is 9.52 Å². The maximum Gasteiger partial charge on any atom is 0.246 e. The van der Waals surface area contributed by atoms with Crippen LogP contribution in [0.5, 0.6) is 0 Å². The van der Waals surface area contributed by atoms with Crippen molar-refractivity contribution in [1.82, 2.24) is 4.98 Å². The predicted molar refractivity (Wildman–Crippen MR) is 91.7 cm³/mol.